The molecule has 15 heavy (non-hydrogen) atoms. The van der Waals surface area contributed by atoms with Gasteiger partial charge in [-0.25, -0.2) is 0 Å². The highest BCUT2D eigenvalue weighted by atomic mass is 79.9. The van der Waals surface area contributed by atoms with Crippen LogP contribution in [-0.2, 0) is 16.1 Å². The molecular weight excluding hydrogens is 276 g/mol. The summed E-state index contributed by atoms with van der Waals surface area (Å²) in [6.07, 6.45) is 3.95. The highest BCUT2D eigenvalue weighted by Crippen LogP contribution is 2.21. The fourth-order valence-corrected chi connectivity index (χ4v) is 3.05. The molecular formula is C11H15BrO2S. The van der Waals surface area contributed by atoms with Gasteiger partial charge in [-0.2, -0.15) is 0 Å². The zero-order valence-electron chi connectivity index (χ0n) is 8.58. The normalized spacial score (nSPS) is 21.8. The average Bonchev–Trinajstić information content (AvgIpc) is 2.66. The van der Waals surface area contributed by atoms with E-state index in [-0.39, 0.29) is 0 Å². The molecule has 0 radical (unpaired) electrons. The molecule has 0 bridgehead atoms. The maximum absolute atomic E-state index is 5.64. The van der Waals surface area contributed by atoms with Crippen molar-refractivity contribution in [1.82, 2.24) is 0 Å². The largest absolute Gasteiger partial charge is 0.376 e. The van der Waals surface area contributed by atoms with E-state index in [1.165, 1.54) is 17.7 Å². The molecule has 0 saturated carbocycles. The summed E-state index contributed by atoms with van der Waals surface area (Å²) in [6.45, 7) is 2.34. The SMILES string of the molecule is Brc1csc(COCC2CCCCO2)c1. The van der Waals surface area contributed by atoms with Crippen LogP contribution in [0.2, 0.25) is 0 Å². The third-order valence-electron chi connectivity index (χ3n) is 2.44. The molecule has 0 N–H and O–H groups in total. The number of ether oxygens (including phenoxy) is 2. The number of rotatable bonds is 4. The predicted molar refractivity (Wildman–Crippen MR) is 65.3 cm³/mol. The molecule has 1 fully saturated rings. The van der Waals surface area contributed by atoms with Crippen LogP contribution in [-0.4, -0.2) is 19.3 Å². The van der Waals surface area contributed by atoms with Crippen LogP contribution in [0.5, 0.6) is 0 Å². The van der Waals surface area contributed by atoms with Crippen LogP contribution >= 0.6 is 27.3 Å². The van der Waals surface area contributed by atoms with Crippen LogP contribution in [0.3, 0.4) is 0 Å². The minimum Gasteiger partial charge on any atom is -0.376 e. The smallest absolute Gasteiger partial charge is 0.0811 e. The van der Waals surface area contributed by atoms with Crippen molar-refractivity contribution in [2.75, 3.05) is 13.2 Å². The lowest BCUT2D eigenvalue weighted by molar-refractivity contribution is -0.0443. The Hall–Kier alpha value is 0.1000. The zero-order valence-corrected chi connectivity index (χ0v) is 11.0. The Morgan fingerprint density at radius 2 is 2.47 bits per heavy atom. The third-order valence-corrected chi connectivity index (χ3v) is 4.11. The highest BCUT2D eigenvalue weighted by molar-refractivity contribution is 9.10. The molecule has 0 aromatic carbocycles. The summed E-state index contributed by atoms with van der Waals surface area (Å²) in [5.41, 5.74) is 0. The molecule has 1 saturated heterocycles. The van der Waals surface area contributed by atoms with Gasteiger partial charge in [0, 0.05) is 21.3 Å². The predicted octanol–water partition coefficient (Wildman–Crippen LogP) is 3.60. The number of halogens is 1. The van der Waals surface area contributed by atoms with Crippen LogP contribution in [0.1, 0.15) is 24.1 Å². The number of hydrogen-bond acceptors (Lipinski definition) is 3. The highest BCUT2D eigenvalue weighted by Gasteiger charge is 2.13. The van der Waals surface area contributed by atoms with Crippen LogP contribution in [0.15, 0.2) is 15.9 Å². The molecule has 1 aromatic heterocycles. The minimum atomic E-state index is 0.321. The van der Waals surface area contributed by atoms with Crippen LogP contribution in [0, 0.1) is 0 Å². The van der Waals surface area contributed by atoms with Crippen molar-refractivity contribution in [3.8, 4) is 0 Å². The van der Waals surface area contributed by atoms with Crippen LogP contribution in [0.25, 0.3) is 0 Å². The van der Waals surface area contributed by atoms with E-state index in [4.69, 9.17) is 9.47 Å². The van der Waals surface area contributed by atoms with Crippen molar-refractivity contribution in [3.63, 3.8) is 0 Å². The van der Waals surface area contributed by atoms with Gasteiger partial charge in [0.15, 0.2) is 0 Å². The Morgan fingerprint density at radius 3 is 3.13 bits per heavy atom. The fraction of sp³-hybridized carbons (Fsp3) is 0.636. The van der Waals surface area contributed by atoms with Gasteiger partial charge in [-0.1, -0.05) is 0 Å². The molecule has 0 amide bonds. The molecule has 2 heterocycles. The van der Waals surface area contributed by atoms with Gasteiger partial charge in [-0.15, -0.1) is 11.3 Å². The number of thiophene rings is 1. The second kappa shape index (κ2) is 5.99. The molecule has 1 aromatic rings. The fourth-order valence-electron chi connectivity index (χ4n) is 1.66. The first-order chi connectivity index (χ1) is 7.34. The monoisotopic (exact) mass is 290 g/mol. The standard InChI is InChI=1S/C11H15BrO2S/c12-9-5-11(15-8-9)7-13-6-10-3-1-2-4-14-10/h5,8,10H,1-4,6-7H2. The average molecular weight is 291 g/mol. The van der Waals surface area contributed by atoms with Crippen molar-refractivity contribution in [1.29, 1.82) is 0 Å². The maximum Gasteiger partial charge on any atom is 0.0811 e. The molecule has 2 rings (SSSR count). The van der Waals surface area contributed by atoms with Gasteiger partial charge in [0.05, 0.1) is 19.3 Å². The van der Waals surface area contributed by atoms with Crippen molar-refractivity contribution in [3.05, 3.63) is 20.8 Å². The van der Waals surface area contributed by atoms with Gasteiger partial charge in [0.1, 0.15) is 0 Å². The van der Waals surface area contributed by atoms with Gasteiger partial charge in [0.2, 0.25) is 0 Å². The second-order valence-corrected chi connectivity index (χ2v) is 5.65. The Labute approximate surface area is 103 Å². The van der Waals surface area contributed by atoms with Crippen molar-refractivity contribution in [2.24, 2.45) is 0 Å². The summed E-state index contributed by atoms with van der Waals surface area (Å²) >= 11 is 5.15. The quantitative estimate of drug-likeness (QED) is 0.844. The lowest BCUT2D eigenvalue weighted by Gasteiger charge is -2.22. The molecule has 1 unspecified atom stereocenters. The summed E-state index contributed by atoms with van der Waals surface area (Å²) < 4.78 is 12.4. The summed E-state index contributed by atoms with van der Waals surface area (Å²) in [5.74, 6) is 0. The summed E-state index contributed by atoms with van der Waals surface area (Å²) in [4.78, 5) is 1.26. The minimum absolute atomic E-state index is 0.321. The first kappa shape index (κ1) is 11.6. The van der Waals surface area contributed by atoms with Crippen LogP contribution in [0.4, 0.5) is 0 Å². The Balaban J connectivity index is 1.65. The molecule has 0 spiro atoms. The van der Waals surface area contributed by atoms with Crippen molar-refractivity contribution in [2.45, 2.75) is 32.0 Å². The topological polar surface area (TPSA) is 18.5 Å². The van der Waals surface area contributed by atoms with Gasteiger partial charge in [0.25, 0.3) is 0 Å². The van der Waals surface area contributed by atoms with Crippen molar-refractivity contribution < 1.29 is 9.47 Å². The van der Waals surface area contributed by atoms with Crippen LogP contribution < -0.4 is 0 Å². The van der Waals surface area contributed by atoms with E-state index in [2.05, 4.69) is 27.4 Å². The van der Waals surface area contributed by atoms with E-state index in [1.807, 2.05) is 0 Å². The Kier molecular flexibility index (Phi) is 4.62. The molecule has 4 heteroatoms. The second-order valence-electron chi connectivity index (χ2n) is 3.73. The lowest BCUT2D eigenvalue weighted by Crippen LogP contribution is -2.24. The van der Waals surface area contributed by atoms with E-state index in [9.17, 15) is 0 Å². The van der Waals surface area contributed by atoms with Crippen molar-refractivity contribution >= 4 is 27.3 Å². The van der Waals surface area contributed by atoms with Gasteiger partial charge in [-0.05, 0) is 41.3 Å². The maximum atomic E-state index is 5.64. The van der Waals surface area contributed by atoms with Gasteiger partial charge in [-0.3, -0.25) is 0 Å². The third kappa shape index (κ3) is 3.87. The van der Waals surface area contributed by atoms with Gasteiger partial charge < -0.3 is 9.47 Å². The van der Waals surface area contributed by atoms with Gasteiger partial charge >= 0.3 is 0 Å². The van der Waals surface area contributed by atoms with E-state index >= 15 is 0 Å². The summed E-state index contributed by atoms with van der Waals surface area (Å²) in [5, 5.41) is 2.08. The zero-order chi connectivity index (χ0) is 10.5. The molecule has 84 valence electrons. The van der Waals surface area contributed by atoms with E-state index in [1.54, 1.807) is 11.3 Å². The molecule has 2 nitrogen and oxygen atoms in total. The molecule has 0 aliphatic carbocycles. The molecule has 1 atom stereocenters. The van der Waals surface area contributed by atoms with E-state index in [0.29, 0.717) is 12.7 Å². The molecule has 1 aliphatic heterocycles. The Bertz CT molecular complexity index is 295. The summed E-state index contributed by atoms with van der Waals surface area (Å²) in [6, 6.07) is 2.10. The number of hydrogen-bond donors (Lipinski definition) is 0. The van der Waals surface area contributed by atoms with E-state index < -0.39 is 0 Å². The first-order valence-corrected chi connectivity index (χ1v) is 6.94. The lowest BCUT2D eigenvalue weighted by atomic mass is 10.1. The Morgan fingerprint density at radius 1 is 1.53 bits per heavy atom. The molecule has 1 aliphatic rings. The van der Waals surface area contributed by atoms with E-state index in [0.717, 1.165) is 24.1 Å². The summed E-state index contributed by atoms with van der Waals surface area (Å²) in [7, 11) is 0. The first-order valence-electron chi connectivity index (χ1n) is 5.27.